The molecule has 1 heterocycles. The summed E-state index contributed by atoms with van der Waals surface area (Å²) in [5.41, 5.74) is 3.94. The minimum atomic E-state index is 0.633. The first kappa shape index (κ1) is 17.5. The molecule has 24 heavy (non-hydrogen) atoms. The lowest BCUT2D eigenvalue weighted by Gasteiger charge is -2.26. The maximum absolute atomic E-state index is 5.97. The molecule has 1 saturated heterocycles. The van der Waals surface area contributed by atoms with E-state index in [-0.39, 0.29) is 0 Å². The number of likely N-dealkylation sites (tertiary alicyclic amines) is 1. The number of hydrogen-bond donors (Lipinski definition) is 0. The number of nitrogens with zero attached hydrogens (tertiary/aromatic N) is 1. The average Bonchev–Trinajstić information content (AvgIpc) is 2.63. The van der Waals surface area contributed by atoms with Crippen LogP contribution in [0, 0.1) is 0 Å². The second-order valence-corrected chi connectivity index (χ2v) is 7.51. The fraction of sp³-hybridized carbons (Fsp3) is 0.455. The molecule has 0 bridgehead atoms. The highest BCUT2D eigenvalue weighted by Gasteiger charge is 2.11. The zero-order valence-electron chi connectivity index (χ0n) is 14.7. The molecule has 2 aromatic rings. The summed E-state index contributed by atoms with van der Waals surface area (Å²) in [5, 5.41) is 0.790. The molecule has 3 rings (SSSR count). The quantitative estimate of drug-likeness (QED) is 0.589. The second-order valence-electron chi connectivity index (χ2n) is 7.07. The Kier molecular flexibility index (Phi) is 6.34. The van der Waals surface area contributed by atoms with Gasteiger partial charge in [-0.05, 0) is 80.1 Å². The third-order valence-electron chi connectivity index (χ3n) is 5.22. The van der Waals surface area contributed by atoms with Gasteiger partial charge in [0.15, 0.2) is 0 Å². The predicted molar refractivity (Wildman–Crippen MR) is 105 cm³/mol. The first-order valence-corrected chi connectivity index (χ1v) is 9.68. The van der Waals surface area contributed by atoms with Gasteiger partial charge in [0.2, 0.25) is 0 Å². The molecule has 1 fully saturated rings. The SMILES string of the molecule is CC(CCCN1CCCCC1)c1ccc(-c2ccc(Cl)cc2)cc1. The molecule has 1 atom stereocenters. The Morgan fingerprint density at radius 1 is 0.875 bits per heavy atom. The summed E-state index contributed by atoms with van der Waals surface area (Å²) in [5.74, 6) is 0.633. The Morgan fingerprint density at radius 2 is 1.46 bits per heavy atom. The monoisotopic (exact) mass is 341 g/mol. The number of rotatable bonds is 6. The third-order valence-corrected chi connectivity index (χ3v) is 5.47. The van der Waals surface area contributed by atoms with E-state index in [4.69, 9.17) is 11.6 Å². The number of benzene rings is 2. The van der Waals surface area contributed by atoms with Gasteiger partial charge in [0, 0.05) is 5.02 Å². The predicted octanol–water partition coefficient (Wildman–Crippen LogP) is 6.38. The van der Waals surface area contributed by atoms with Crippen molar-refractivity contribution in [1.82, 2.24) is 4.90 Å². The van der Waals surface area contributed by atoms with E-state index in [1.807, 2.05) is 12.1 Å². The zero-order chi connectivity index (χ0) is 16.8. The first-order chi connectivity index (χ1) is 11.7. The molecule has 0 amide bonds. The van der Waals surface area contributed by atoms with Crippen molar-refractivity contribution >= 4 is 11.6 Å². The maximum atomic E-state index is 5.97. The normalized spacial score (nSPS) is 16.9. The van der Waals surface area contributed by atoms with Crippen molar-refractivity contribution in [2.24, 2.45) is 0 Å². The van der Waals surface area contributed by atoms with Crippen LogP contribution in [0.3, 0.4) is 0 Å². The Bertz CT molecular complexity index is 611. The molecule has 2 aromatic carbocycles. The lowest BCUT2D eigenvalue weighted by atomic mass is 9.94. The van der Waals surface area contributed by atoms with Crippen LogP contribution in [0.25, 0.3) is 11.1 Å². The van der Waals surface area contributed by atoms with Crippen LogP contribution in [-0.2, 0) is 0 Å². The van der Waals surface area contributed by atoms with Gasteiger partial charge in [-0.3, -0.25) is 0 Å². The Morgan fingerprint density at radius 3 is 2.08 bits per heavy atom. The lowest BCUT2D eigenvalue weighted by Crippen LogP contribution is -2.30. The van der Waals surface area contributed by atoms with Gasteiger partial charge < -0.3 is 4.90 Å². The Hall–Kier alpha value is -1.31. The Labute approximate surface area is 151 Å². The van der Waals surface area contributed by atoms with Crippen molar-refractivity contribution < 1.29 is 0 Å². The van der Waals surface area contributed by atoms with E-state index in [0.29, 0.717) is 5.92 Å². The summed E-state index contributed by atoms with van der Waals surface area (Å²) >= 11 is 5.97. The van der Waals surface area contributed by atoms with Crippen molar-refractivity contribution in [3.63, 3.8) is 0 Å². The zero-order valence-corrected chi connectivity index (χ0v) is 15.4. The van der Waals surface area contributed by atoms with E-state index >= 15 is 0 Å². The standard InChI is InChI=1S/C22H28ClN/c1-18(6-5-17-24-15-3-2-4-16-24)19-7-9-20(10-8-19)21-11-13-22(23)14-12-21/h7-14,18H,2-6,15-17H2,1H3. The average molecular weight is 342 g/mol. The van der Waals surface area contributed by atoms with Crippen LogP contribution in [0.15, 0.2) is 48.5 Å². The van der Waals surface area contributed by atoms with E-state index in [2.05, 4.69) is 48.2 Å². The topological polar surface area (TPSA) is 3.24 Å². The van der Waals surface area contributed by atoms with Gasteiger partial charge in [0.05, 0.1) is 0 Å². The fourth-order valence-corrected chi connectivity index (χ4v) is 3.74. The molecule has 0 aromatic heterocycles. The van der Waals surface area contributed by atoms with Gasteiger partial charge in [-0.15, -0.1) is 0 Å². The van der Waals surface area contributed by atoms with Crippen LogP contribution < -0.4 is 0 Å². The van der Waals surface area contributed by atoms with Gasteiger partial charge in [-0.25, -0.2) is 0 Å². The molecule has 0 radical (unpaired) electrons. The van der Waals surface area contributed by atoms with Gasteiger partial charge in [0.1, 0.15) is 0 Å². The minimum Gasteiger partial charge on any atom is -0.303 e. The molecule has 1 aliphatic heterocycles. The molecule has 0 spiro atoms. The van der Waals surface area contributed by atoms with Crippen molar-refractivity contribution in [1.29, 1.82) is 0 Å². The van der Waals surface area contributed by atoms with Gasteiger partial charge in [-0.2, -0.15) is 0 Å². The summed E-state index contributed by atoms with van der Waals surface area (Å²) in [6, 6.07) is 17.1. The van der Waals surface area contributed by atoms with Crippen LogP contribution in [0.2, 0.25) is 5.02 Å². The summed E-state index contributed by atoms with van der Waals surface area (Å²) in [6.07, 6.45) is 6.78. The van der Waals surface area contributed by atoms with E-state index in [9.17, 15) is 0 Å². The highest BCUT2D eigenvalue weighted by atomic mass is 35.5. The van der Waals surface area contributed by atoms with Gasteiger partial charge in [0.25, 0.3) is 0 Å². The third kappa shape index (κ3) is 4.84. The van der Waals surface area contributed by atoms with E-state index < -0.39 is 0 Å². The molecular weight excluding hydrogens is 314 g/mol. The summed E-state index contributed by atoms with van der Waals surface area (Å²) in [4.78, 5) is 2.64. The summed E-state index contributed by atoms with van der Waals surface area (Å²) in [7, 11) is 0. The van der Waals surface area contributed by atoms with Crippen LogP contribution in [0.4, 0.5) is 0 Å². The summed E-state index contributed by atoms with van der Waals surface area (Å²) < 4.78 is 0. The van der Waals surface area contributed by atoms with Crippen molar-refractivity contribution in [3.8, 4) is 11.1 Å². The second kappa shape index (κ2) is 8.69. The minimum absolute atomic E-state index is 0.633. The number of halogens is 1. The number of hydrogen-bond acceptors (Lipinski definition) is 1. The van der Waals surface area contributed by atoms with Crippen LogP contribution >= 0.6 is 11.6 Å². The van der Waals surface area contributed by atoms with Crippen LogP contribution in [-0.4, -0.2) is 24.5 Å². The van der Waals surface area contributed by atoms with Crippen molar-refractivity contribution in [2.75, 3.05) is 19.6 Å². The lowest BCUT2D eigenvalue weighted by molar-refractivity contribution is 0.223. The Balaban J connectivity index is 1.51. The van der Waals surface area contributed by atoms with Gasteiger partial charge in [-0.1, -0.05) is 61.3 Å². The van der Waals surface area contributed by atoms with Crippen LogP contribution in [0.1, 0.15) is 50.5 Å². The molecule has 1 nitrogen and oxygen atoms in total. The molecule has 2 heteroatoms. The fourth-order valence-electron chi connectivity index (χ4n) is 3.62. The van der Waals surface area contributed by atoms with Crippen molar-refractivity contribution in [2.45, 2.75) is 44.9 Å². The number of piperidine rings is 1. The van der Waals surface area contributed by atoms with Gasteiger partial charge >= 0.3 is 0 Å². The first-order valence-electron chi connectivity index (χ1n) is 9.30. The summed E-state index contributed by atoms with van der Waals surface area (Å²) in [6.45, 7) is 6.25. The highest BCUT2D eigenvalue weighted by molar-refractivity contribution is 6.30. The van der Waals surface area contributed by atoms with Crippen molar-refractivity contribution in [3.05, 3.63) is 59.1 Å². The molecule has 1 aliphatic rings. The molecule has 1 unspecified atom stereocenters. The van der Waals surface area contributed by atoms with Crippen LogP contribution in [0.5, 0.6) is 0 Å². The highest BCUT2D eigenvalue weighted by Crippen LogP contribution is 2.26. The maximum Gasteiger partial charge on any atom is 0.0406 e. The van der Waals surface area contributed by atoms with E-state index in [1.165, 1.54) is 68.4 Å². The van der Waals surface area contributed by atoms with E-state index in [1.54, 1.807) is 0 Å². The molecule has 128 valence electrons. The smallest absolute Gasteiger partial charge is 0.0406 e. The van der Waals surface area contributed by atoms with E-state index in [0.717, 1.165) is 5.02 Å². The molecule has 0 N–H and O–H groups in total. The molecule has 0 aliphatic carbocycles. The largest absolute Gasteiger partial charge is 0.303 e. The molecule has 0 saturated carbocycles. The molecular formula is C22H28ClN.